The minimum Gasteiger partial charge on any atom is -0.338 e. The number of hydrogen-bond acceptors (Lipinski definition) is 6. The highest BCUT2D eigenvalue weighted by molar-refractivity contribution is 5.97. The number of imidazole rings is 1. The van der Waals surface area contributed by atoms with E-state index in [0.29, 0.717) is 24.0 Å². The van der Waals surface area contributed by atoms with Crippen LogP contribution in [0.2, 0.25) is 0 Å². The Balaban J connectivity index is 1.55. The van der Waals surface area contributed by atoms with E-state index < -0.39 is 0 Å². The standard InChI is InChI=1S/C21H20N8O/c1-11-21(30)28(2)10-17-18(23-20(29(11)17)12-6-7-12)14-5-3-4-13-8-16(22-9-15(13)14)19-24-26-27-25-19/h3-5,8-9,11-12H,6-7,10H2,1-2H3,(H,24,25,26,27)/t11-/m0/s1. The molecule has 1 atom stereocenters. The number of fused-ring (bicyclic) bond motifs is 2. The molecule has 6 rings (SSSR count). The van der Waals surface area contributed by atoms with Gasteiger partial charge >= 0.3 is 0 Å². The number of likely N-dealkylation sites (N-methyl/N-ethyl adjacent to an activating group) is 1. The molecular weight excluding hydrogens is 380 g/mol. The van der Waals surface area contributed by atoms with Gasteiger partial charge in [-0.25, -0.2) is 4.98 Å². The molecule has 4 aromatic rings. The molecule has 3 aromatic heterocycles. The number of nitrogens with one attached hydrogen (secondary N) is 1. The summed E-state index contributed by atoms with van der Waals surface area (Å²) in [6.07, 6.45) is 4.12. The van der Waals surface area contributed by atoms with E-state index in [4.69, 9.17) is 4.98 Å². The predicted octanol–water partition coefficient (Wildman–Crippen LogP) is 2.69. The van der Waals surface area contributed by atoms with Gasteiger partial charge in [0.05, 0.1) is 17.9 Å². The number of hydrogen-bond donors (Lipinski definition) is 1. The number of benzene rings is 1. The molecule has 0 saturated heterocycles. The lowest BCUT2D eigenvalue weighted by molar-refractivity contribution is -0.135. The Hall–Kier alpha value is -3.62. The van der Waals surface area contributed by atoms with Gasteiger partial charge < -0.3 is 9.47 Å². The van der Waals surface area contributed by atoms with Crippen LogP contribution >= 0.6 is 0 Å². The highest BCUT2D eigenvalue weighted by Gasteiger charge is 2.38. The number of carbonyl (C=O) groups excluding carboxylic acids is 1. The lowest BCUT2D eigenvalue weighted by atomic mass is 10.0. The van der Waals surface area contributed by atoms with Gasteiger partial charge in [-0.05, 0) is 36.4 Å². The van der Waals surface area contributed by atoms with Gasteiger partial charge in [0.25, 0.3) is 0 Å². The molecule has 0 bridgehead atoms. The van der Waals surface area contributed by atoms with Gasteiger partial charge in [-0.2, -0.15) is 5.21 Å². The molecule has 1 amide bonds. The van der Waals surface area contributed by atoms with Crippen molar-refractivity contribution in [2.24, 2.45) is 0 Å². The van der Waals surface area contributed by atoms with E-state index in [1.807, 2.05) is 38.4 Å². The van der Waals surface area contributed by atoms with Crippen LogP contribution in [0.1, 0.15) is 43.2 Å². The molecule has 1 aliphatic carbocycles. The topological polar surface area (TPSA) is 105 Å². The molecule has 0 radical (unpaired) electrons. The molecule has 1 fully saturated rings. The van der Waals surface area contributed by atoms with Crippen LogP contribution in [0.15, 0.2) is 30.5 Å². The zero-order valence-corrected chi connectivity index (χ0v) is 16.7. The second-order valence-electron chi connectivity index (χ2n) is 8.11. The highest BCUT2D eigenvalue weighted by Crippen LogP contribution is 2.45. The second kappa shape index (κ2) is 6.19. The van der Waals surface area contributed by atoms with Gasteiger partial charge in [-0.1, -0.05) is 18.2 Å². The number of H-pyrrole nitrogens is 1. The van der Waals surface area contributed by atoms with Gasteiger partial charge in [0.1, 0.15) is 17.6 Å². The molecule has 9 nitrogen and oxygen atoms in total. The first kappa shape index (κ1) is 17.3. The van der Waals surface area contributed by atoms with Crippen LogP contribution in [0.5, 0.6) is 0 Å². The predicted molar refractivity (Wildman–Crippen MR) is 109 cm³/mol. The molecular formula is C21H20N8O. The Bertz CT molecular complexity index is 1290. The number of pyridine rings is 1. The highest BCUT2D eigenvalue weighted by atomic mass is 16.2. The molecule has 0 unspecified atom stereocenters. The van der Waals surface area contributed by atoms with Crippen LogP contribution < -0.4 is 0 Å². The molecule has 9 heteroatoms. The number of aromatic amines is 1. The SMILES string of the molecule is C[C@H]1C(=O)N(C)Cc2c(-c3cccc4cc(-c5nn[nH]n5)ncc34)nc(C3CC3)n21. The maximum atomic E-state index is 12.6. The average molecular weight is 400 g/mol. The molecule has 1 aromatic carbocycles. The van der Waals surface area contributed by atoms with Crippen molar-refractivity contribution in [3.8, 4) is 22.8 Å². The van der Waals surface area contributed by atoms with Crippen LogP contribution in [-0.2, 0) is 11.3 Å². The molecule has 1 N–H and O–H groups in total. The molecule has 30 heavy (non-hydrogen) atoms. The lowest BCUT2D eigenvalue weighted by Gasteiger charge is -2.31. The summed E-state index contributed by atoms with van der Waals surface area (Å²) in [7, 11) is 1.86. The number of carbonyl (C=O) groups is 1. The zero-order chi connectivity index (χ0) is 20.4. The fraction of sp³-hybridized carbons (Fsp3) is 0.333. The van der Waals surface area contributed by atoms with Crippen LogP contribution in [-0.4, -0.2) is 53.0 Å². The summed E-state index contributed by atoms with van der Waals surface area (Å²) in [6, 6.07) is 7.90. The van der Waals surface area contributed by atoms with Crippen LogP contribution in [0, 0.1) is 0 Å². The van der Waals surface area contributed by atoms with Gasteiger partial charge in [0, 0.05) is 30.1 Å². The quantitative estimate of drug-likeness (QED) is 0.567. The fourth-order valence-corrected chi connectivity index (χ4v) is 4.42. The molecule has 0 spiro atoms. The van der Waals surface area contributed by atoms with Gasteiger partial charge in [0.2, 0.25) is 11.7 Å². The fourth-order valence-electron chi connectivity index (χ4n) is 4.42. The number of aromatic nitrogens is 7. The summed E-state index contributed by atoms with van der Waals surface area (Å²) in [5.41, 5.74) is 3.74. The van der Waals surface area contributed by atoms with Crippen LogP contribution in [0.25, 0.3) is 33.5 Å². The Morgan fingerprint density at radius 1 is 1.23 bits per heavy atom. The number of rotatable bonds is 3. The van der Waals surface area contributed by atoms with E-state index in [-0.39, 0.29) is 11.9 Å². The van der Waals surface area contributed by atoms with Crippen LogP contribution in [0.3, 0.4) is 0 Å². The third-order valence-corrected chi connectivity index (χ3v) is 6.08. The first-order valence-electron chi connectivity index (χ1n) is 10.1. The lowest BCUT2D eigenvalue weighted by Crippen LogP contribution is -2.39. The van der Waals surface area contributed by atoms with Crippen molar-refractivity contribution in [2.75, 3.05) is 7.05 Å². The van der Waals surface area contributed by atoms with Crippen molar-refractivity contribution in [1.29, 1.82) is 0 Å². The summed E-state index contributed by atoms with van der Waals surface area (Å²) < 4.78 is 2.18. The smallest absolute Gasteiger partial charge is 0.245 e. The van der Waals surface area contributed by atoms with E-state index in [1.165, 1.54) is 0 Å². The monoisotopic (exact) mass is 400 g/mol. The van der Waals surface area contributed by atoms with Gasteiger partial charge in [0.15, 0.2) is 0 Å². The second-order valence-corrected chi connectivity index (χ2v) is 8.11. The molecule has 1 saturated carbocycles. The van der Waals surface area contributed by atoms with Crippen LogP contribution in [0.4, 0.5) is 0 Å². The Labute approximate surface area is 172 Å². The molecule has 1 aliphatic heterocycles. The third kappa shape index (κ3) is 2.47. The van der Waals surface area contributed by atoms with E-state index in [1.54, 1.807) is 4.90 Å². The minimum absolute atomic E-state index is 0.137. The Morgan fingerprint density at radius 3 is 2.87 bits per heavy atom. The van der Waals surface area contributed by atoms with E-state index in [0.717, 1.165) is 46.4 Å². The Morgan fingerprint density at radius 2 is 2.10 bits per heavy atom. The summed E-state index contributed by atoms with van der Waals surface area (Å²) in [6.45, 7) is 2.53. The summed E-state index contributed by atoms with van der Waals surface area (Å²) in [4.78, 5) is 24.1. The number of amides is 1. The van der Waals surface area contributed by atoms with Crippen molar-refractivity contribution in [3.63, 3.8) is 0 Å². The van der Waals surface area contributed by atoms with E-state index >= 15 is 0 Å². The van der Waals surface area contributed by atoms with Gasteiger partial charge in [-0.3, -0.25) is 9.78 Å². The molecule has 150 valence electrons. The van der Waals surface area contributed by atoms with Crippen molar-refractivity contribution in [3.05, 3.63) is 42.0 Å². The first-order valence-corrected chi connectivity index (χ1v) is 10.1. The largest absolute Gasteiger partial charge is 0.338 e. The minimum atomic E-state index is -0.228. The van der Waals surface area contributed by atoms with E-state index in [9.17, 15) is 4.79 Å². The Kier molecular flexibility index (Phi) is 3.56. The normalized spacial score (nSPS) is 18.8. The summed E-state index contributed by atoms with van der Waals surface area (Å²) >= 11 is 0. The number of nitrogens with zero attached hydrogens (tertiary/aromatic N) is 7. The number of tetrazole rings is 1. The van der Waals surface area contributed by atoms with Crippen molar-refractivity contribution >= 4 is 16.7 Å². The van der Waals surface area contributed by atoms with E-state index in [2.05, 4.69) is 36.2 Å². The maximum absolute atomic E-state index is 12.6. The van der Waals surface area contributed by atoms with Gasteiger partial charge in [-0.15, -0.1) is 10.2 Å². The summed E-state index contributed by atoms with van der Waals surface area (Å²) in [5, 5.41) is 16.2. The van der Waals surface area contributed by atoms with Crippen molar-refractivity contribution in [1.82, 2.24) is 40.1 Å². The maximum Gasteiger partial charge on any atom is 0.245 e. The summed E-state index contributed by atoms with van der Waals surface area (Å²) in [5.74, 6) is 2.10. The molecule has 2 aliphatic rings. The average Bonchev–Trinajstić information content (AvgIpc) is 3.31. The first-order chi connectivity index (χ1) is 14.6. The molecule has 4 heterocycles. The van der Waals surface area contributed by atoms with Crippen molar-refractivity contribution in [2.45, 2.75) is 38.3 Å². The zero-order valence-electron chi connectivity index (χ0n) is 16.7. The van der Waals surface area contributed by atoms with Crippen molar-refractivity contribution < 1.29 is 4.79 Å². The third-order valence-electron chi connectivity index (χ3n) is 6.08.